The van der Waals surface area contributed by atoms with Crippen molar-refractivity contribution in [2.24, 2.45) is 0 Å². The monoisotopic (exact) mass is 206 g/mol. The Labute approximate surface area is 104 Å². The molecule has 2 nitrogen and oxygen atoms in total. The first-order chi connectivity index (χ1) is 5.52. The number of carboxylic acid groups (broad SMARTS) is 1. The van der Waals surface area contributed by atoms with E-state index in [9.17, 15) is 9.90 Å². The number of hydrogen-bond donors (Lipinski definition) is 0. The summed E-state index contributed by atoms with van der Waals surface area (Å²) < 4.78 is 0. The van der Waals surface area contributed by atoms with E-state index in [2.05, 4.69) is 0 Å². The average Bonchev–Trinajstić information content (AvgIpc) is 1.96. The predicted molar refractivity (Wildman–Crippen MR) is 45.3 cm³/mol. The first-order valence-electron chi connectivity index (χ1n) is 3.50. The molecule has 0 N–H and O–H groups in total. The van der Waals surface area contributed by atoms with E-state index in [1.807, 2.05) is 0 Å². The molecule has 1 aromatic carbocycles. The summed E-state index contributed by atoms with van der Waals surface area (Å²) in [5.74, 6) is -1.16. The van der Waals surface area contributed by atoms with Crippen LogP contribution in [-0.4, -0.2) is 5.97 Å². The van der Waals surface area contributed by atoms with E-state index in [1.165, 1.54) is 6.07 Å². The number of rotatable bonds is 1. The van der Waals surface area contributed by atoms with Gasteiger partial charge in [-0.2, -0.15) is 0 Å². The molecule has 13 heavy (non-hydrogen) atoms. The first-order valence-corrected chi connectivity index (χ1v) is 3.88. The minimum absolute atomic E-state index is 0. The van der Waals surface area contributed by atoms with E-state index in [0.717, 1.165) is 5.56 Å². The number of carbonyl (C=O) groups is 1. The SMILES string of the molecule is Cc1cc(C(=O)[O-])c(C)cc1Cl.[Na+]. The van der Waals surface area contributed by atoms with Gasteiger partial charge in [0.1, 0.15) is 0 Å². The van der Waals surface area contributed by atoms with Gasteiger partial charge in [-0.05, 0) is 37.1 Å². The summed E-state index contributed by atoms with van der Waals surface area (Å²) in [5.41, 5.74) is 1.59. The minimum Gasteiger partial charge on any atom is -0.545 e. The van der Waals surface area contributed by atoms with Gasteiger partial charge in [0.2, 0.25) is 0 Å². The summed E-state index contributed by atoms with van der Waals surface area (Å²) >= 11 is 5.78. The summed E-state index contributed by atoms with van der Waals surface area (Å²) in [4.78, 5) is 10.5. The van der Waals surface area contributed by atoms with E-state index in [0.29, 0.717) is 10.6 Å². The molecule has 0 aliphatic carbocycles. The Bertz CT molecular complexity index is 337. The zero-order chi connectivity index (χ0) is 9.30. The van der Waals surface area contributed by atoms with Gasteiger partial charge in [0.05, 0.1) is 5.97 Å². The number of benzene rings is 1. The standard InChI is InChI=1S/C9H9ClO2.Na/c1-5-4-8(10)6(2)3-7(5)9(11)12;/h3-4H,1-2H3,(H,11,12);/q;+1/p-1. The van der Waals surface area contributed by atoms with Crippen molar-refractivity contribution in [3.8, 4) is 0 Å². The van der Waals surface area contributed by atoms with Crippen molar-refractivity contribution in [2.45, 2.75) is 13.8 Å². The third-order valence-corrected chi connectivity index (χ3v) is 2.13. The number of carboxylic acids is 1. The number of halogens is 1. The molecule has 1 aromatic rings. The molecule has 0 saturated heterocycles. The number of aromatic carboxylic acids is 1. The molecule has 0 spiro atoms. The Kier molecular flexibility index (Phi) is 5.00. The Hall–Kier alpha value is -0.0200. The second-order valence-electron chi connectivity index (χ2n) is 2.70. The van der Waals surface area contributed by atoms with Crippen LogP contribution in [0.15, 0.2) is 12.1 Å². The van der Waals surface area contributed by atoms with Crippen LogP contribution >= 0.6 is 11.6 Å². The third kappa shape index (κ3) is 2.99. The van der Waals surface area contributed by atoms with E-state index < -0.39 is 5.97 Å². The molecule has 0 fully saturated rings. The van der Waals surface area contributed by atoms with E-state index in [4.69, 9.17) is 11.6 Å². The van der Waals surface area contributed by atoms with Crippen molar-refractivity contribution in [1.29, 1.82) is 0 Å². The molecule has 0 aliphatic rings. The molecular weight excluding hydrogens is 199 g/mol. The molecule has 0 amide bonds. The van der Waals surface area contributed by atoms with Crippen molar-refractivity contribution in [2.75, 3.05) is 0 Å². The van der Waals surface area contributed by atoms with Gasteiger partial charge < -0.3 is 9.90 Å². The van der Waals surface area contributed by atoms with E-state index >= 15 is 0 Å². The Morgan fingerprint density at radius 3 is 2.31 bits per heavy atom. The molecule has 0 aliphatic heterocycles. The molecule has 0 bridgehead atoms. The summed E-state index contributed by atoms with van der Waals surface area (Å²) in [7, 11) is 0. The quantitative estimate of drug-likeness (QED) is 0.516. The normalized spacial score (nSPS) is 9.15. The Balaban J connectivity index is 0.00000144. The van der Waals surface area contributed by atoms with Crippen molar-refractivity contribution in [3.05, 3.63) is 33.8 Å². The molecular formula is C9H8ClNaO2. The molecule has 64 valence electrons. The second kappa shape index (κ2) is 5.01. The summed E-state index contributed by atoms with van der Waals surface area (Å²) in [6.07, 6.45) is 0. The van der Waals surface area contributed by atoms with Crippen molar-refractivity contribution in [3.63, 3.8) is 0 Å². The van der Waals surface area contributed by atoms with Crippen LogP contribution < -0.4 is 34.7 Å². The summed E-state index contributed by atoms with van der Waals surface area (Å²) in [6.45, 7) is 3.45. The Morgan fingerprint density at radius 2 is 1.85 bits per heavy atom. The topological polar surface area (TPSA) is 40.1 Å². The molecule has 4 heteroatoms. The molecule has 0 radical (unpaired) electrons. The third-order valence-electron chi connectivity index (χ3n) is 1.73. The van der Waals surface area contributed by atoms with Crippen molar-refractivity contribution in [1.82, 2.24) is 0 Å². The number of aryl methyl sites for hydroxylation is 2. The predicted octanol–water partition coefficient (Wildman–Crippen LogP) is -1.68. The second-order valence-corrected chi connectivity index (χ2v) is 3.11. The minimum atomic E-state index is -1.16. The maximum atomic E-state index is 10.5. The van der Waals surface area contributed by atoms with Crippen LogP contribution in [0.5, 0.6) is 0 Å². The number of carbonyl (C=O) groups excluding carboxylic acids is 1. The Morgan fingerprint density at radius 1 is 1.31 bits per heavy atom. The van der Waals surface area contributed by atoms with Gasteiger partial charge in [-0.25, -0.2) is 0 Å². The van der Waals surface area contributed by atoms with Crippen molar-refractivity contribution >= 4 is 17.6 Å². The molecule has 0 unspecified atom stereocenters. The summed E-state index contributed by atoms with van der Waals surface area (Å²) in [6, 6.07) is 3.15. The van der Waals surface area contributed by atoms with Crippen LogP contribution in [0.2, 0.25) is 5.02 Å². The van der Waals surface area contributed by atoms with Gasteiger partial charge in [0.25, 0.3) is 0 Å². The van der Waals surface area contributed by atoms with Gasteiger partial charge in [-0.3, -0.25) is 0 Å². The van der Waals surface area contributed by atoms with Crippen molar-refractivity contribution < 1.29 is 39.5 Å². The molecule has 0 aromatic heterocycles. The van der Waals surface area contributed by atoms with Gasteiger partial charge in [0, 0.05) is 10.6 Å². The van der Waals surface area contributed by atoms with Crippen LogP contribution in [0.25, 0.3) is 0 Å². The van der Waals surface area contributed by atoms with Crippen LogP contribution in [0.3, 0.4) is 0 Å². The van der Waals surface area contributed by atoms with Crippen LogP contribution in [-0.2, 0) is 0 Å². The van der Waals surface area contributed by atoms with Crippen LogP contribution in [0.1, 0.15) is 21.5 Å². The maximum absolute atomic E-state index is 10.5. The maximum Gasteiger partial charge on any atom is 1.00 e. The van der Waals surface area contributed by atoms with Gasteiger partial charge in [-0.1, -0.05) is 11.6 Å². The van der Waals surface area contributed by atoms with Gasteiger partial charge >= 0.3 is 29.6 Å². The molecule has 1 rings (SSSR count). The largest absolute Gasteiger partial charge is 1.00 e. The van der Waals surface area contributed by atoms with Gasteiger partial charge in [0.15, 0.2) is 0 Å². The fraction of sp³-hybridized carbons (Fsp3) is 0.222. The smallest absolute Gasteiger partial charge is 0.545 e. The van der Waals surface area contributed by atoms with E-state index in [1.54, 1.807) is 19.9 Å². The molecule has 0 atom stereocenters. The van der Waals surface area contributed by atoms with Crippen LogP contribution in [0, 0.1) is 13.8 Å². The molecule has 0 saturated carbocycles. The zero-order valence-corrected chi connectivity index (χ0v) is 10.6. The van der Waals surface area contributed by atoms with Gasteiger partial charge in [-0.15, -0.1) is 0 Å². The average molecular weight is 207 g/mol. The zero-order valence-electron chi connectivity index (χ0n) is 7.85. The summed E-state index contributed by atoms with van der Waals surface area (Å²) in [5, 5.41) is 11.1. The fourth-order valence-electron chi connectivity index (χ4n) is 1.00. The molecule has 0 heterocycles. The fourth-order valence-corrected chi connectivity index (χ4v) is 1.22. The van der Waals surface area contributed by atoms with E-state index in [-0.39, 0.29) is 35.1 Å². The number of hydrogen-bond acceptors (Lipinski definition) is 2. The first kappa shape index (κ1) is 13.0. The van der Waals surface area contributed by atoms with Crippen LogP contribution in [0.4, 0.5) is 0 Å².